The Hall–Kier alpha value is -3.32. The van der Waals surface area contributed by atoms with Crippen molar-refractivity contribution in [3.05, 3.63) is 54.3 Å². The lowest BCUT2D eigenvalue weighted by Crippen LogP contribution is -2.51. The summed E-state index contributed by atoms with van der Waals surface area (Å²) < 4.78 is 16.7. The minimum atomic E-state index is -1.09. The number of hydrogen-bond acceptors (Lipinski definition) is 5. The summed E-state index contributed by atoms with van der Waals surface area (Å²) in [6.45, 7) is 2.00. The third-order valence-electron chi connectivity index (χ3n) is 4.98. The van der Waals surface area contributed by atoms with Gasteiger partial charge in [0.1, 0.15) is 11.3 Å². The number of ether oxygens (including phenoxy) is 2. The molecule has 1 aromatic heterocycles. The minimum absolute atomic E-state index is 0.0346. The van der Waals surface area contributed by atoms with E-state index in [4.69, 9.17) is 13.9 Å². The molecule has 7 heteroatoms. The standard InChI is InChI=1S/C22H21NO6/c1-13-11-23(12-18(28-13)22(25)26)21(24)20-19(14-6-4-3-5-7-14)16-9-8-15(27-2)10-17(16)29-20/h3-10,13,18H,11-12H2,1-2H3,(H,25,26)/t13-,18?/m1/s1. The number of furan rings is 1. The molecule has 150 valence electrons. The Kier molecular flexibility index (Phi) is 4.98. The smallest absolute Gasteiger partial charge is 0.334 e. The normalized spacial score (nSPS) is 19.3. The molecular weight excluding hydrogens is 374 g/mol. The number of carboxylic acids is 1. The molecule has 1 unspecified atom stereocenters. The quantitative estimate of drug-likeness (QED) is 0.728. The van der Waals surface area contributed by atoms with Crippen LogP contribution in [-0.2, 0) is 9.53 Å². The van der Waals surface area contributed by atoms with Crippen LogP contribution in [0.2, 0.25) is 0 Å². The maximum Gasteiger partial charge on any atom is 0.334 e. The summed E-state index contributed by atoms with van der Waals surface area (Å²) in [7, 11) is 1.56. The molecule has 1 aliphatic heterocycles. The minimum Gasteiger partial charge on any atom is -0.497 e. The summed E-state index contributed by atoms with van der Waals surface area (Å²) in [6.07, 6.45) is -1.45. The molecule has 1 fully saturated rings. The number of methoxy groups -OCH3 is 1. The highest BCUT2D eigenvalue weighted by Crippen LogP contribution is 2.37. The summed E-state index contributed by atoms with van der Waals surface area (Å²) in [6, 6.07) is 14.9. The van der Waals surface area contributed by atoms with E-state index in [0.717, 1.165) is 10.9 Å². The van der Waals surface area contributed by atoms with Gasteiger partial charge in [-0.05, 0) is 24.6 Å². The number of carbonyl (C=O) groups is 2. The van der Waals surface area contributed by atoms with Gasteiger partial charge < -0.3 is 23.9 Å². The van der Waals surface area contributed by atoms with Crippen molar-refractivity contribution in [3.63, 3.8) is 0 Å². The van der Waals surface area contributed by atoms with E-state index in [1.807, 2.05) is 42.5 Å². The van der Waals surface area contributed by atoms with Gasteiger partial charge in [0.15, 0.2) is 6.10 Å². The van der Waals surface area contributed by atoms with Crippen LogP contribution in [0.4, 0.5) is 0 Å². The molecule has 4 rings (SSSR count). The van der Waals surface area contributed by atoms with Crippen molar-refractivity contribution in [1.29, 1.82) is 0 Å². The SMILES string of the molecule is COc1ccc2c(-c3ccccc3)c(C(=O)N3CC(C(=O)O)O[C@H](C)C3)oc2c1. The summed E-state index contributed by atoms with van der Waals surface area (Å²) in [4.78, 5) is 26.3. The zero-order valence-electron chi connectivity index (χ0n) is 16.1. The van der Waals surface area contributed by atoms with Crippen molar-refractivity contribution < 1.29 is 28.6 Å². The van der Waals surface area contributed by atoms with Crippen molar-refractivity contribution in [3.8, 4) is 16.9 Å². The summed E-state index contributed by atoms with van der Waals surface area (Å²) in [5, 5.41) is 10.1. The predicted octanol–water partition coefficient (Wildman–Crippen LogP) is 3.42. The van der Waals surface area contributed by atoms with Gasteiger partial charge in [-0.15, -0.1) is 0 Å². The molecule has 1 saturated heterocycles. The molecule has 29 heavy (non-hydrogen) atoms. The van der Waals surface area contributed by atoms with Gasteiger partial charge in [-0.3, -0.25) is 4.79 Å². The Balaban J connectivity index is 1.82. The Morgan fingerprint density at radius 2 is 1.90 bits per heavy atom. The number of hydrogen-bond donors (Lipinski definition) is 1. The molecule has 1 N–H and O–H groups in total. The average Bonchev–Trinajstić information content (AvgIpc) is 3.11. The maximum absolute atomic E-state index is 13.4. The lowest BCUT2D eigenvalue weighted by Gasteiger charge is -2.34. The zero-order chi connectivity index (χ0) is 20.5. The highest BCUT2D eigenvalue weighted by atomic mass is 16.5. The molecule has 1 aliphatic rings. The highest BCUT2D eigenvalue weighted by molar-refractivity contribution is 6.08. The number of morpholine rings is 1. The molecule has 3 aromatic rings. The van der Waals surface area contributed by atoms with E-state index in [1.165, 1.54) is 4.90 Å². The third kappa shape index (κ3) is 3.56. The Morgan fingerprint density at radius 3 is 2.59 bits per heavy atom. The second kappa shape index (κ2) is 7.60. The van der Waals surface area contributed by atoms with E-state index in [-0.39, 0.29) is 24.8 Å². The van der Waals surface area contributed by atoms with Crippen LogP contribution in [0.1, 0.15) is 17.5 Å². The Bertz CT molecular complexity index is 1060. The number of carbonyl (C=O) groups excluding carboxylic acids is 1. The van der Waals surface area contributed by atoms with Crippen molar-refractivity contribution >= 4 is 22.8 Å². The van der Waals surface area contributed by atoms with Crippen LogP contribution in [0.25, 0.3) is 22.1 Å². The monoisotopic (exact) mass is 395 g/mol. The van der Waals surface area contributed by atoms with Crippen LogP contribution >= 0.6 is 0 Å². The van der Waals surface area contributed by atoms with Crippen molar-refractivity contribution in [1.82, 2.24) is 4.90 Å². The molecule has 2 atom stereocenters. The predicted molar refractivity (Wildman–Crippen MR) is 106 cm³/mol. The maximum atomic E-state index is 13.4. The molecule has 1 amide bonds. The fraction of sp³-hybridized carbons (Fsp3) is 0.273. The van der Waals surface area contributed by atoms with Gasteiger partial charge in [0.2, 0.25) is 5.76 Å². The molecule has 7 nitrogen and oxygen atoms in total. The number of aliphatic carboxylic acids is 1. The van der Waals surface area contributed by atoms with Gasteiger partial charge in [-0.2, -0.15) is 0 Å². The molecule has 0 aliphatic carbocycles. The topological polar surface area (TPSA) is 89.2 Å². The van der Waals surface area contributed by atoms with Gasteiger partial charge in [0.05, 0.1) is 19.8 Å². The summed E-state index contributed by atoms with van der Waals surface area (Å²) in [5.41, 5.74) is 2.05. The van der Waals surface area contributed by atoms with E-state index in [2.05, 4.69) is 0 Å². The summed E-state index contributed by atoms with van der Waals surface area (Å²) in [5.74, 6) is -0.652. The average molecular weight is 395 g/mol. The molecule has 0 spiro atoms. The number of rotatable bonds is 4. The van der Waals surface area contributed by atoms with Crippen LogP contribution in [0.5, 0.6) is 5.75 Å². The molecule has 0 bridgehead atoms. The van der Waals surface area contributed by atoms with E-state index in [9.17, 15) is 14.7 Å². The fourth-order valence-electron chi connectivity index (χ4n) is 3.64. The number of amides is 1. The molecule has 0 saturated carbocycles. The first-order valence-corrected chi connectivity index (χ1v) is 9.31. The first kappa shape index (κ1) is 19.0. The Morgan fingerprint density at radius 1 is 1.14 bits per heavy atom. The zero-order valence-corrected chi connectivity index (χ0v) is 16.1. The van der Waals surface area contributed by atoms with Gasteiger partial charge in [-0.25, -0.2) is 4.79 Å². The number of nitrogens with zero attached hydrogens (tertiary/aromatic N) is 1. The van der Waals surface area contributed by atoms with Gasteiger partial charge >= 0.3 is 5.97 Å². The van der Waals surface area contributed by atoms with E-state index < -0.39 is 18.2 Å². The van der Waals surface area contributed by atoms with Crippen LogP contribution < -0.4 is 4.74 Å². The van der Waals surface area contributed by atoms with Gasteiger partial charge in [-0.1, -0.05) is 30.3 Å². The van der Waals surface area contributed by atoms with Crippen LogP contribution in [-0.4, -0.2) is 54.3 Å². The lowest BCUT2D eigenvalue weighted by atomic mass is 10.0. The highest BCUT2D eigenvalue weighted by Gasteiger charge is 2.35. The molecule has 0 radical (unpaired) electrons. The molecule has 2 heterocycles. The largest absolute Gasteiger partial charge is 0.497 e. The van der Waals surface area contributed by atoms with E-state index in [1.54, 1.807) is 20.1 Å². The van der Waals surface area contributed by atoms with Gasteiger partial charge in [0, 0.05) is 23.6 Å². The van der Waals surface area contributed by atoms with Crippen LogP contribution in [0.15, 0.2) is 52.9 Å². The van der Waals surface area contributed by atoms with Crippen molar-refractivity contribution in [2.24, 2.45) is 0 Å². The fourth-order valence-corrected chi connectivity index (χ4v) is 3.64. The second-order valence-corrected chi connectivity index (χ2v) is 7.02. The van der Waals surface area contributed by atoms with Crippen molar-refractivity contribution in [2.75, 3.05) is 20.2 Å². The first-order valence-electron chi connectivity index (χ1n) is 9.31. The number of carboxylic acid groups (broad SMARTS) is 1. The number of fused-ring (bicyclic) bond motifs is 1. The van der Waals surface area contributed by atoms with Crippen LogP contribution in [0.3, 0.4) is 0 Å². The number of benzene rings is 2. The second-order valence-electron chi connectivity index (χ2n) is 7.02. The summed E-state index contributed by atoms with van der Waals surface area (Å²) >= 11 is 0. The first-order chi connectivity index (χ1) is 14.0. The van der Waals surface area contributed by atoms with Crippen LogP contribution in [0, 0.1) is 0 Å². The lowest BCUT2D eigenvalue weighted by molar-refractivity contribution is -0.160. The van der Waals surface area contributed by atoms with E-state index >= 15 is 0 Å². The van der Waals surface area contributed by atoms with E-state index in [0.29, 0.717) is 16.9 Å². The van der Waals surface area contributed by atoms with Gasteiger partial charge in [0.25, 0.3) is 5.91 Å². The third-order valence-corrected chi connectivity index (χ3v) is 4.98. The molecule has 2 aromatic carbocycles. The Labute approximate surface area is 167 Å². The molecular formula is C22H21NO6. The van der Waals surface area contributed by atoms with Crippen molar-refractivity contribution in [2.45, 2.75) is 19.1 Å².